The maximum absolute atomic E-state index is 12.6. The Morgan fingerprint density at radius 3 is 2.62 bits per heavy atom. The van der Waals surface area contributed by atoms with Crippen LogP contribution in [0, 0.1) is 0 Å². The zero-order valence-electron chi connectivity index (χ0n) is 17.8. The van der Waals surface area contributed by atoms with E-state index in [-0.39, 0.29) is 17.3 Å². The second-order valence-electron chi connectivity index (χ2n) is 6.99. The number of carbonyl (C=O) groups is 2. The Kier molecular flexibility index (Phi) is 7.66. The molecule has 0 atom stereocenters. The number of allylic oxidation sites excluding steroid dienone is 1. The third kappa shape index (κ3) is 5.18. The van der Waals surface area contributed by atoms with Gasteiger partial charge in [-0.3, -0.25) is 19.8 Å². The molecule has 1 heterocycles. The maximum atomic E-state index is 12.6. The zero-order chi connectivity index (χ0) is 23.3. The van der Waals surface area contributed by atoms with Gasteiger partial charge in [0.25, 0.3) is 11.8 Å². The van der Waals surface area contributed by atoms with E-state index in [0.717, 1.165) is 11.1 Å². The van der Waals surface area contributed by atoms with Crippen LogP contribution in [0.2, 0.25) is 5.02 Å². The van der Waals surface area contributed by atoms with E-state index >= 15 is 0 Å². The van der Waals surface area contributed by atoms with Gasteiger partial charge in [0.05, 0.1) is 6.61 Å². The van der Waals surface area contributed by atoms with E-state index in [1.807, 2.05) is 31.2 Å². The lowest BCUT2D eigenvalue weighted by molar-refractivity contribution is -0.128. The van der Waals surface area contributed by atoms with Crippen molar-refractivity contribution in [2.24, 2.45) is 0 Å². The van der Waals surface area contributed by atoms with Crippen molar-refractivity contribution in [3.8, 4) is 11.5 Å². The van der Waals surface area contributed by atoms with Crippen molar-refractivity contribution in [3.63, 3.8) is 0 Å². The lowest BCUT2D eigenvalue weighted by Crippen LogP contribution is -2.52. The number of ether oxygens (including phenoxy) is 2. The first-order valence-corrected chi connectivity index (χ1v) is 10.8. The minimum Gasteiger partial charge on any atom is -0.490 e. The highest BCUT2D eigenvalue weighted by Gasteiger charge is 2.31. The van der Waals surface area contributed by atoms with Gasteiger partial charge < -0.3 is 9.47 Å². The Bertz CT molecular complexity index is 1110. The van der Waals surface area contributed by atoms with E-state index < -0.39 is 11.8 Å². The number of likely N-dealkylation sites (N-methyl/N-ethyl adjacent to an activating group) is 1. The Labute approximate surface area is 197 Å². The maximum Gasteiger partial charge on any atom is 0.265 e. The van der Waals surface area contributed by atoms with Gasteiger partial charge in [-0.1, -0.05) is 35.9 Å². The van der Waals surface area contributed by atoms with Gasteiger partial charge in [-0.15, -0.1) is 6.58 Å². The van der Waals surface area contributed by atoms with Crippen LogP contribution in [-0.4, -0.2) is 35.5 Å². The number of amides is 2. The van der Waals surface area contributed by atoms with E-state index in [0.29, 0.717) is 35.1 Å². The molecule has 2 amide bonds. The molecule has 166 valence electrons. The molecule has 1 saturated heterocycles. The van der Waals surface area contributed by atoms with E-state index in [1.54, 1.807) is 18.2 Å². The van der Waals surface area contributed by atoms with Crippen molar-refractivity contribution in [1.29, 1.82) is 0 Å². The topological polar surface area (TPSA) is 67.9 Å². The summed E-state index contributed by atoms with van der Waals surface area (Å²) in [6.45, 7) is 6.35. The highest BCUT2D eigenvalue weighted by molar-refractivity contribution is 7.80. The largest absolute Gasteiger partial charge is 0.490 e. The highest BCUT2D eigenvalue weighted by Crippen LogP contribution is 2.36. The van der Waals surface area contributed by atoms with Crippen LogP contribution in [0.25, 0.3) is 6.08 Å². The number of hydrogen-bond acceptors (Lipinski definition) is 5. The van der Waals surface area contributed by atoms with Gasteiger partial charge in [-0.05, 0) is 55.4 Å². The fourth-order valence-corrected chi connectivity index (χ4v) is 3.54. The molecule has 2 aromatic carbocycles. The average Bonchev–Trinajstić information content (AvgIpc) is 2.76. The van der Waals surface area contributed by atoms with Crippen molar-refractivity contribution < 1.29 is 19.1 Å². The lowest BCUT2D eigenvalue weighted by Gasteiger charge is -2.25. The summed E-state index contributed by atoms with van der Waals surface area (Å²) in [5.41, 5.74) is 2.25. The molecule has 3 rings (SSSR count). The van der Waals surface area contributed by atoms with Crippen LogP contribution in [-0.2, 0) is 22.6 Å². The van der Waals surface area contributed by atoms with Crippen molar-refractivity contribution >= 4 is 46.8 Å². The predicted octanol–water partition coefficient (Wildman–Crippen LogP) is 4.30. The molecule has 0 aliphatic carbocycles. The normalized spacial score (nSPS) is 15.0. The van der Waals surface area contributed by atoms with Crippen molar-refractivity contribution in [2.45, 2.75) is 20.0 Å². The first kappa shape index (κ1) is 23.5. The Morgan fingerprint density at radius 2 is 1.94 bits per heavy atom. The van der Waals surface area contributed by atoms with Crippen LogP contribution in [0.3, 0.4) is 0 Å². The molecule has 0 spiro atoms. The molecule has 0 unspecified atom stereocenters. The summed E-state index contributed by atoms with van der Waals surface area (Å²) >= 11 is 11.3. The van der Waals surface area contributed by atoms with Gasteiger partial charge in [-0.25, -0.2) is 0 Å². The molecular formula is C24H23ClN2O4S. The van der Waals surface area contributed by atoms with E-state index in [2.05, 4.69) is 11.9 Å². The van der Waals surface area contributed by atoms with Gasteiger partial charge in [0.15, 0.2) is 16.6 Å². The van der Waals surface area contributed by atoms with Crippen molar-refractivity contribution in [3.05, 3.63) is 76.3 Å². The molecule has 1 aliphatic heterocycles. The fourth-order valence-electron chi connectivity index (χ4n) is 3.18. The fraction of sp³-hybridized carbons (Fsp3) is 0.208. The summed E-state index contributed by atoms with van der Waals surface area (Å²) in [4.78, 5) is 26.1. The second-order valence-corrected chi connectivity index (χ2v) is 7.79. The summed E-state index contributed by atoms with van der Waals surface area (Å²) in [6, 6.07) is 11.0. The van der Waals surface area contributed by atoms with Crippen molar-refractivity contribution in [1.82, 2.24) is 10.2 Å². The minimum atomic E-state index is -0.541. The monoisotopic (exact) mass is 470 g/mol. The van der Waals surface area contributed by atoms with Gasteiger partial charge >= 0.3 is 0 Å². The molecule has 0 saturated carbocycles. The smallest absolute Gasteiger partial charge is 0.265 e. The number of halogens is 1. The SMILES string of the molecule is C=CCc1cc(/C=C2\C(=O)NC(=S)N(C)C2=O)cc(OCC)c1OCc1ccccc1Cl. The number of benzene rings is 2. The Morgan fingerprint density at radius 1 is 1.19 bits per heavy atom. The molecular weight excluding hydrogens is 448 g/mol. The number of thiocarbonyl (C=S) groups is 1. The third-order valence-corrected chi connectivity index (χ3v) is 5.51. The molecule has 0 bridgehead atoms. The molecule has 0 aromatic heterocycles. The zero-order valence-corrected chi connectivity index (χ0v) is 19.4. The molecule has 1 N–H and O–H groups in total. The van der Waals surface area contributed by atoms with Crippen LogP contribution in [0.1, 0.15) is 23.6 Å². The summed E-state index contributed by atoms with van der Waals surface area (Å²) in [7, 11) is 1.51. The highest BCUT2D eigenvalue weighted by atomic mass is 35.5. The Hall–Kier alpha value is -3.16. The minimum absolute atomic E-state index is 0.0159. The Balaban J connectivity index is 2.01. The predicted molar refractivity (Wildman–Crippen MR) is 129 cm³/mol. The number of hydrogen-bond donors (Lipinski definition) is 1. The van der Waals surface area contributed by atoms with Crippen LogP contribution >= 0.6 is 23.8 Å². The molecule has 1 aliphatic rings. The molecule has 32 heavy (non-hydrogen) atoms. The van der Waals surface area contributed by atoms with Crippen LogP contribution in [0.5, 0.6) is 11.5 Å². The summed E-state index contributed by atoms with van der Waals surface area (Å²) in [5.74, 6) is 0.0474. The summed E-state index contributed by atoms with van der Waals surface area (Å²) < 4.78 is 11.9. The standard InChI is InChI=1S/C24H23ClN2O4S/c1-4-8-16-11-15(12-18-22(28)26-24(32)27(3)23(18)29)13-20(30-5-2)21(16)31-14-17-9-6-7-10-19(17)25/h4,6-7,9-13H,1,5,8,14H2,2-3H3,(H,26,28,32)/b18-12+. The summed E-state index contributed by atoms with van der Waals surface area (Å²) in [5, 5.41) is 3.19. The lowest BCUT2D eigenvalue weighted by atomic mass is 10.0. The van der Waals surface area contributed by atoms with E-state index in [9.17, 15) is 9.59 Å². The van der Waals surface area contributed by atoms with Crippen LogP contribution in [0.4, 0.5) is 0 Å². The quantitative estimate of drug-likeness (QED) is 0.269. The molecule has 6 nitrogen and oxygen atoms in total. The first-order valence-electron chi connectivity index (χ1n) is 9.97. The molecule has 0 radical (unpaired) electrons. The number of nitrogens with one attached hydrogen (secondary N) is 1. The molecule has 2 aromatic rings. The van der Waals surface area contributed by atoms with E-state index in [4.69, 9.17) is 33.3 Å². The van der Waals surface area contributed by atoms with Gasteiger partial charge in [-0.2, -0.15) is 0 Å². The molecule has 8 heteroatoms. The third-order valence-electron chi connectivity index (χ3n) is 4.76. The van der Waals surface area contributed by atoms with Gasteiger partial charge in [0.1, 0.15) is 12.2 Å². The average molecular weight is 471 g/mol. The van der Waals surface area contributed by atoms with Gasteiger partial charge in [0.2, 0.25) is 0 Å². The molecule has 1 fully saturated rings. The number of rotatable bonds is 8. The van der Waals surface area contributed by atoms with Crippen molar-refractivity contribution in [2.75, 3.05) is 13.7 Å². The number of carbonyl (C=O) groups excluding carboxylic acids is 2. The van der Waals surface area contributed by atoms with E-state index in [1.165, 1.54) is 18.0 Å². The van der Waals surface area contributed by atoms with Crippen LogP contribution in [0.15, 0.2) is 54.6 Å². The summed E-state index contributed by atoms with van der Waals surface area (Å²) in [6.07, 6.45) is 3.76. The first-order chi connectivity index (χ1) is 15.3. The van der Waals surface area contributed by atoms with Gasteiger partial charge in [0, 0.05) is 23.2 Å². The number of nitrogens with zero attached hydrogens (tertiary/aromatic N) is 1. The second kappa shape index (κ2) is 10.4. The van der Waals surface area contributed by atoms with Crippen LogP contribution < -0.4 is 14.8 Å².